The van der Waals surface area contributed by atoms with E-state index in [0.29, 0.717) is 13.1 Å². The molecule has 0 saturated carbocycles. The van der Waals surface area contributed by atoms with E-state index in [1.807, 2.05) is 6.92 Å². The highest BCUT2D eigenvalue weighted by molar-refractivity contribution is 7.90. The molecular weight excluding hydrogens is 299 g/mol. The van der Waals surface area contributed by atoms with Gasteiger partial charge in [-0.15, -0.1) is 0 Å². The van der Waals surface area contributed by atoms with Crippen molar-refractivity contribution in [3.63, 3.8) is 0 Å². The number of halogens is 1. The van der Waals surface area contributed by atoms with Crippen LogP contribution in [-0.2, 0) is 10.2 Å². The zero-order valence-corrected chi connectivity index (χ0v) is 12.4. The maximum atomic E-state index is 13.2. The fourth-order valence-corrected chi connectivity index (χ4v) is 3.75. The van der Waals surface area contributed by atoms with Crippen LogP contribution in [0.1, 0.15) is 30.1 Å². The number of nitrogens with one attached hydrogen (secondary N) is 1. The van der Waals surface area contributed by atoms with Crippen LogP contribution in [0.15, 0.2) is 18.2 Å². The van der Waals surface area contributed by atoms with Crippen molar-refractivity contribution in [2.24, 2.45) is 5.92 Å². The summed E-state index contributed by atoms with van der Waals surface area (Å²) in [6.45, 7) is 2.69. The molecule has 0 aromatic heterocycles. The number of carboxylic acids is 1. The number of anilines is 1. The van der Waals surface area contributed by atoms with Gasteiger partial charge in [0.25, 0.3) is 0 Å². The Kier molecular flexibility index (Phi) is 4.48. The van der Waals surface area contributed by atoms with Crippen molar-refractivity contribution in [3.05, 3.63) is 29.6 Å². The first-order valence-electron chi connectivity index (χ1n) is 6.60. The van der Waals surface area contributed by atoms with Crippen LogP contribution < -0.4 is 4.72 Å². The van der Waals surface area contributed by atoms with Gasteiger partial charge in [-0.2, -0.15) is 12.7 Å². The van der Waals surface area contributed by atoms with E-state index in [4.69, 9.17) is 5.11 Å². The Morgan fingerprint density at radius 1 is 1.48 bits per heavy atom. The molecule has 21 heavy (non-hydrogen) atoms. The van der Waals surface area contributed by atoms with Crippen molar-refractivity contribution in [3.8, 4) is 0 Å². The van der Waals surface area contributed by atoms with E-state index in [0.717, 1.165) is 31.0 Å². The number of carboxylic acid groups (broad SMARTS) is 1. The Morgan fingerprint density at radius 3 is 2.81 bits per heavy atom. The molecule has 2 rings (SSSR count). The first kappa shape index (κ1) is 15.7. The summed E-state index contributed by atoms with van der Waals surface area (Å²) in [6.07, 6.45) is 1.70. The zero-order valence-electron chi connectivity index (χ0n) is 11.5. The van der Waals surface area contributed by atoms with E-state index in [1.54, 1.807) is 0 Å². The Morgan fingerprint density at radius 2 is 2.19 bits per heavy atom. The number of hydrogen-bond donors (Lipinski definition) is 2. The predicted octanol–water partition coefficient (Wildman–Crippen LogP) is 1.91. The normalized spacial score (nSPS) is 20.2. The average Bonchev–Trinajstić information content (AvgIpc) is 2.38. The molecule has 1 aromatic carbocycles. The summed E-state index contributed by atoms with van der Waals surface area (Å²) < 4.78 is 41.3. The van der Waals surface area contributed by atoms with Crippen molar-refractivity contribution in [1.82, 2.24) is 4.31 Å². The predicted molar refractivity (Wildman–Crippen MR) is 75.9 cm³/mol. The monoisotopic (exact) mass is 316 g/mol. The standard InChI is InChI=1S/C13H17FN2O4S/c1-9-3-2-6-16(8-9)21(19,20)15-12-7-10(14)4-5-11(12)13(17)18/h4-5,7,9,15H,2-3,6,8H2,1H3,(H,17,18). The molecule has 6 nitrogen and oxygen atoms in total. The highest BCUT2D eigenvalue weighted by atomic mass is 32.2. The lowest BCUT2D eigenvalue weighted by Gasteiger charge is -2.30. The Hall–Kier alpha value is -1.67. The number of benzene rings is 1. The van der Waals surface area contributed by atoms with Gasteiger partial charge >= 0.3 is 16.2 Å². The van der Waals surface area contributed by atoms with Crippen LogP contribution in [0.4, 0.5) is 10.1 Å². The van der Waals surface area contributed by atoms with Crippen molar-refractivity contribution < 1.29 is 22.7 Å². The molecule has 1 unspecified atom stereocenters. The van der Waals surface area contributed by atoms with E-state index in [9.17, 15) is 17.6 Å². The molecule has 2 N–H and O–H groups in total. The number of nitrogens with zero attached hydrogens (tertiary/aromatic N) is 1. The topological polar surface area (TPSA) is 86.7 Å². The van der Waals surface area contributed by atoms with Crippen molar-refractivity contribution in [2.45, 2.75) is 19.8 Å². The third kappa shape index (κ3) is 3.70. The quantitative estimate of drug-likeness (QED) is 0.888. The number of aromatic carboxylic acids is 1. The molecule has 116 valence electrons. The maximum absolute atomic E-state index is 13.2. The van der Waals surface area contributed by atoms with Crippen molar-refractivity contribution >= 4 is 21.9 Å². The van der Waals surface area contributed by atoms with Crippen LogP contribution >= 0.6 is 0 Å². The summed E-state index contributed by atoms with van der Waals surface area (Å²) in [4.78, 5) is 11.1. The minimum Gasteiger partial charge on any atom is -0.478 e. The van der Waals surface area contributed by atoms with E-state index < -0.39 is 22.0 Å². The smallest absolute Gasteiger partial charge is 0.337 e. The van der Waals surface area contributed by atoms with Gasteiger partial charge in [-0.1, -0.05) is 6.92 Å². The van der Waals surface area contributed by atoms with E-state index in [1.165, 1.54) is 4.31 Å². The van der Waals surface area contributed by atoms with Crippen molar-refractivity contribution in [1.29, 1.82) is 0 Å². The maximum Gasteiger partial charge on any atom is 0.337 e. The molecule has 0 spiro atoms. The van der Waals surface area contributed by atoms with E-state index in [-0.39, 0.29) is 17.2 Å². The summed E-state index contributed by atoms with van der Waals surface area (Å²) in [5.41, 5.74) is -0.550. The lowest BCUT2D eigenvalue weighted by Crippen LogP contribution is -2.42. The van der Waals surface area contributed by atoms with Gasteiger partial charge in [0.1, 0.15) is 5.82 Å². The summed E-state index contributed by atoms with van der Waals surface area (Å²) in [7, 11) is -3.89. The Labute approximate surface area is 122 Å². The van der Waals surface area contributed by atoms with Crippen LogP contribution in [0.5, 0.6) is 0 Å². The molecule has 8 heteroatoms. The van der Waals surface area contributed by atoms with E-state index >= 15 is 0 Å². The van der Waals surface area contributed by atoms with E-state index in [2.05, 4.69) is 4.72 Å². The minimum atomic E-state index is -3.89. The summed E-state index contributed by atoms with van der Waals surface area (Å²) >= 11 is 0. The first-order valence-corrected chi connectivity index (χ1v) is 8.04. The molecular formula is C13H17FN2O4S. The highest BCUT2D eigenvalue weighted by Crippen LogP contribution is 2.23. The van der Waals surface area contributed by atoms with Crippen LogP contribution in [0.2, 0.25) is 0 Å². The lowest BCUT2D eigenvalue weighted by atomic mass is 10.0. The van der Waals surface area contributed by atoms with Gasteiger partial charge in [0.05, 0.1) is 11.3 Å². The SMILES string of the molecule is CC1CCCN(S(=O)(=O)Nc2cc(F)ccc2C(=O)O)C1. The fraction of sp³-hybridized carbons (Fsp3) is 0.462. The minimum absolute atomic E-state index is 0.238. The molecule has 1 heterocycles. The lowest BCUT2D eigenvalue weighted by molar-refractivity contribution is 0.0698. The number of hydrogen-bond acceptors (Lipinski definition) is 3. The van der Waals surface area contributed by atoms with Gasteiger partial charge in [0.15, 0.2) is 0 Å². The number of carbonyl (C=O) groups is 1. The van der Waals surface area contributed by atoms with Crippen LogP contribution in [-0.4, -0.2) is 36.9 Å². The van der Waals surface area contributed by atoms with Gasteiger partial charge in [0.2, 0.25) is 0 Å². The van der Waals surface area contributed by atoms with Gasteiger partial charge in [-0.25, -0.2) is 9.18 Å². The molecule has 1 aromatic rings. The van der Waals surface area contributed by atoms with Crippen LogP contribution in [0.25, 0.3) is 0 Å². The number of rotatable bonds is 4. The molecule has 0 bridgehead atoms. The van der Waals surface area contributed by atoms with Gasteiger partial charge < -0.3 is 5.11 Å². The third-order valence-electron chi connectivity index (χ3n) is 3.41. The van der Waals surface area contributed by atoms with Gasteiger partial charge in [0, 0.05) is 13.1 Å². The van der Waals surface area contributed by atoms with Gasteiger partial charge in [-0.3, -0.25) is 4.72 Å². The average molecular weight is 316 g/mol. The number of piperidine rings is 1. The zero-order chi connectivity index (χ0) is 15.6. The third-order valence-corrected chi connectivity index (χ3v) is 4.90. The Balaban J connectivity index is 2.28. The summed E-state index contributed by atoms with van der Waals surface area (Å²) in [6, 6.07) is 2.88. The molecule has 1 atom stereocenters. The molecule has 0 aliphatic carbocycles. The Bertz CT molecular complexity index is 648. The second-order valence-corrected chi connectivity index (χ2v) is 6.88. The molecule has 1 saturated heterocycles. The molecule has 1 aliphatic rings. The summed E-state index contributed by atoms with van der Waals surface area (Å²) in [5, 5.41) is 9.03. The van der Waals surface area contributed by atoms with Crippen LogP contribution in [0.3, 0.4) is 0 Å². The van der Waals surface area contributed by atoms with Crippen LogP contribution in [0, 0.1) is 11.7 Å². The summed E-state index contributed by atoms with van der Waals surface area (Å²) in [5.74, 6) is -1.79. The second kappa shape index (κ2) is 5.98. The molecule has 0 radical (unpaired) electrons. The highest BCUT2D eigenvalue weighted by Gasteiger charge is 2.28. The molecule has 0 amide bonds. The molecule has 1 aliphatic heterocycles. The van der Waals surface area contributed by atoms with Gasteiger partial charge in [-0.05, 0) is 37.0 Å². The largest absolute Gasteiger partial charge is 0.478 e. The fourth-order valence-electron chi connectivity index (χ4n) is 2.36. The van der Waals surface area contributed by atoms with Crippen molar-refractivity contribution in [2.75, 3.05) is 17.8 Å². The first-order chi connectivity index (χ1) is 9.79. The second-order valence-electron chi connectivity index (χ2n) is 5.21. The molecule has 1 fully saturated rings.